The molecule has 1 aromatic carbocycles. The minimum atomic E-state index is -0.202. The van der Waals surface area contributed by atoms with Gasteiger partial charge in [-0.3, -0.25) is 0 Å². The molecule has 4 heteroatoms. The maximum absolute atomic E-state index is 10.9. The highest BCUT2D eigenvalue weighted by Crippen LogP contribution is 2.24. The fourth-order valence-electron chi connectivity index (χ4n) is 1.90. The van der Waals surface area contributed by atoms with Crippen molar-refractivity contribution >= 4 is 36.1 Å². The van der Waals surface area contributed by atoms with Gasteiger partial charge in [-0.15, -0.1) is 0 Å². The van der Waals surface area contributed by atoms with E-state index in [0.717, 1.165) is 48.4 Å². The minimum Gasteiger partial charge on any atom is -0.303 e. The number of hydrogen-bond donors (Lipinski definition) is 0. The molecule has 0 amide bonds. The number of hydrogen-bond acceptors (Lipinski definition) is 4. The zero-order chi connectivity index (χ0) is 18.1. The first kappa shape index (κ1) is 21.3. The maximum atomic E-state index is 10.9. The Hall–Kier alpha value is -0.740. The first-order valence-electron chi connectivity index (χ1n) is 8.44. The Morgan fingerprint density at radius 2 is 1.08 bits per heavy atom. The molecule has 0 unspecified atom stereocenters. The fourth-order valence-corrected chi connectivity index (χ4v) is 4.39. The molecule has 0 aromatic heterocycles. The number of carbonyl (C=O) groups excluding carboxylic acids is 2. The summed E-state index contributed by atoms with van der Waals surface area (Å²) >= 11 is 3.77. The van der Waals surface area contributed by atoms with Crippen molar-refractivity contribution in [2.75, 3.05) is 11.5 Å². The van der Waals surface area contributed by atoms with Gasteiger partial charge in [0.1, 0.15) is 12.6 Å². The Morgan fingerprint density at radius 3 is 1.38 bits per heavy atom. The molecule has 134 valence electrons. The van der Waals surface area contributed by atoms with Crippen LogP contribution in [0.15, 0.2) is 24.3 Å². The van der Waals surface area contributed by atoms with Gasteiger partial charge in [0.2, 0.25) is 0 Å². The molecule has 0 aliphatic carbocycles. The molecule has 0 N–H and O–H groups in total. The number of thioether (sulfide) groups is 2. The van der Waals surface area contributed by atoms with Gasteiger partial charge in [0.15, 0.2) is 0 Å². The molecule has 2 nitrogen and oxygen atoms in total. The van der Waals surface area contributed by atoms with E-state index in [9.17, 15) is 9.59 Å². The lowest BCUT2D eigenvalue weighted by molar-refractivity contribution is -0.115. The van der Waals surface area contributed by atoms with Crippen LogP contribution in [0, 0.1) is 10.8 Å². The maximum Gasteiger partial charge on any atom is 0.125 e. The predicted molar refractivity (Wildman–Crippen MR) is 108 cm³/mol. The van der Waals surface area contributed by atoms with E-state index in [0.29, 0.717) is 0 Å². The Bertz CT molecular complexity index is 460. The van der Waals surface area contributed by atoms with Crippen LogP contribution in [-0.2, 0) is 21.1 Å². The van der Waals surface area contributed by atoms with Gasteiger partial charge in [-0.25, -0.2) is 0 Å². The monoisotopic (exact) mass is 366 g/mol. The molecular formula is C20H30O2S2. The molecule has 0 radical (unpaired) electrons. The quantitative estimate of drug-likeness (QED) is 0.367. The Balaban J connectivity index is 2.26. The van der Waals surface area contributed by atoms with Gasteiger partial charge in [-0.05, 0) is 35.5 Å². The average molecular weight is 367 g/mol. The van der Waals surface area contributed by atoms with E-state index in [2.05, 4.69) is 24.3 Å². The first-order chi connectivity index (χ1) is 11.3. The zero-order valence-electron chi connectivity index (χ0n) is 15.3. The van der Waals surface area contributed by atoms with Gasteiger partial charge < -0.3 is 9.59 Å². The molecule has 0 saturated heterocycles. The Kier molecular flexibility index (Phi) is 9.14. The van der Waals surface area contributed by atoms with E-state index >= 15 is 0 Å². The van der Waals surface area contributed by atoms with Crippen LogP contribution in [0.4, 0.5) is 0 Å². The smallest absolute Gasteiger partial charge is 0.125 e. The summed E-state index contributed by atoms with van der Waals surface area (Å²) in [6.45, 7) is 7.96. The highest BCUT2D eigenvalue weighted by atomic mass is 32.2. The lowest BCUT2D eigenvalue weighted by Crippen LogP contribution is -2.13. The SMILES string of the molecule is CC(C)(C=O)CCSCc1ccc(CSCCC(C)(C)C=O)cc1. The first-order valence-corrected chi connectivity index (χ1v) is 10.7. The standard InChI is InChI=1S/C20H30O2S2/c1-19(2,15-21)9-11-23-13-17-5-7-18(8-6-17)14-24-12-10-20(3,4)16-22/h5-8,15-16H,9-14H2,1-4H3. The molecule has 0 aliphatic heterocycles. The van der Waals surface area contributed by atoms with Crippen LogP contribution in [0.5, 0.6) is 0 Å². The number of rotatable bonds is 12. The largest absolute Gasteiger partial charge is 0.303 e. The summed E-state index contributed by atoms with van der Waals surface area (Å²) in [5.74, 6) is 4.01. The van der Waals surface area contributed by atoms with Gasteiger partial charge in [-0.2, -0.15) is 23.5 Å². The van der Waals surface area contributed by atoms with Crippen LogP contribution in [0.1, 0.15) is 51.7 Å². The van der Waals surface area contributed by atoms with E-state index < -0.39 is 0 Å². The number of aldehydes is 2. The number of benzene rings is 1. The van der Waals surface area contributed by atoms with Crippen molar-refractivity contribution in [3.05, 3.63) is 35.4 Å². The third-order valence-corrected chi connectivity index (χ3v) is 6.04. The van der Waals surface area contributed by atoms with Gasteiger partial charge in [0.05, 0.1) is 0 Å². The van der Waals surface area contributed by atoms with Crippen LogP contribution in [0.25, 0.3) is 0 Å². The third-order valence-electron chi connectivity index (χ3n) is 3.98. The molecular weight excluding hydrogens is 336 g/mol. The summed E-state index contributed by atoms with van der Waals surface area (Å²) in [5, 5.41) is 0. The van der Waals surface area contributed by atoms with E-state index in [1.54, 1.807) is 0 Å². The van der Waals surface area contributed by atoms with Crippen LogP contribution in [0.2, 0.25) is 0 Å². The summed E-state index contributed by atoms with van der Waals surface area (Å²) in [6, 6.07) is 8.79. The third kappa shape index (κ3) is 8.93. The summed E-state index contributed by atoms with van der Waals surface area (Å²) < 4.78 is 0. The minimum absolute atomic E-state index is 0.202. The molecule has 0 fully saturated rings. The molecule has 24 heavy (non-hydrogen) atoms. The molecule has 0 spiro atoms. The molecule has 0 aliphatic rings. The average Bonchev–Trinajstić information content (AvgIpc) is 2.57. The van der Waals surface area contributed by atoms with Crippen LogP contribution < -0.4 is 0 Å². The fraction of sp³-hybridized carbons (Fsp3) is 0.600. The topological polar surface area (TPSA) is 34.1 Å². The second-order valence-electron chi connectivity index (χ2n) is 7.63. The summed E-state index contributed by atoms with van der Waals surface area (Å²) in [5.41, 5.74) is 2.26. The van der Waals surface area contributed by atoms with Crippen LogP contribution >= 0.6 is 23.5 Å². The normalized spacial score (nSPS) is 12.2. The summed E-state index contributed by atoms with van der Waals surface area (Å²) in [6.07, 6.45) is 3.95. The van der Waals surface area contributed by atoms with Crippen molar-refractivity contribution in [1.82, 2.24) is 0 Å². The zero-order valence-corrected chi connectivity index (χ0v) is 17.0. The lowest BCUT2D eigenvalue weighted by atomic mass is 9.93. The molecule has 0 heterocycles. The van der Waals surface area contributed by atoms with Gasteiger partial charge in [0, 0.05) is 22.3 Å². The van der Waals surface area contributed by atoms with Gasteiger partial charge in [-0.1, -0.05) is 52.0 Å². The molecule has 0 saturated carbocycles. The van der Waals surface area contributed by atoms with Crippen LogP contribution in [0.3, 0.4) is 0 Å². The molecule has 1 rings (SSSR count). The highest BCUT2D eigenvalue weighted by Gasteiger charge is 2.16. The van der Waals surface area contributed by atoms with E-state index in [-0.39, 0.29) is 10.8 Å². The molecule has 1 aromatic rings. The van der Waals surface area contributed by atoms with E-state index in [1.807, 2.05) is 51.2 Å². The predicted octanol–water partition coefficient (Wildman–Crippen LogP) is 5.38. The summed E-state index contributed by atoms with van der Waals surface area (Å²) in [7, 11) is 0. The summed E-state index contributed by atoms with van der Waals surface area (Å²) in [4.78, 5) is 21.8. The van der Waals surface area contributed by atoms with Crippen molar-refractivity contribution in [1.29, 1.82) is 0 Å². The molecule has 0 bridgehead atoms. The van der Waals surface area contributed by atoms with Crippen molar-refractivity contribution < 1.29 is 9.59 Å². The lowest BCUT2D eigenvalue weighted by Gasteiger charge is -2.16. The van der Waals surface area contributed by atoms with Crippen molar-refractivity contribution in [3.8, 4) is 0 Å². The highest BCUT2D eigenvalue weighted by molar-refractivity contribution is 7.98. The van der Waals surface area contributed by atoms with E-state index in [4.69, 9.17) is 0 Å². The second kappa shape index (κ2) is 10.3. The second-order valence-corrected chi connectivity index (χ2v) is 9.84. The van der Waals surface area contributed by atoms with Crippen molar-refractivity contribution in [2.45, 2.75) is 52.0 Å². The van der Waals surface area contributed by atoms with Crippen LogP contribution in [-0.4, -0.2) is 24.1 Å². The van der Waals surface area contributed by atoms with Crippen molar-refractivity contribution in [2.24, 2.45) is 10.8 Å². The number of carbonyl (C=O) groups is 2. The van der Waals surface area contributed by atoms with Crippen molar-refractivity contribution in [3.63, 3.8) is 0 Å². The van der Waals surface area contributed by atoms with Gasteiger partial charge >= 0.3 is 0 Å². The molecule has 0 atom stereocenters. The Labute approximate surface area is 155 Å². The Morgan fingerprint density at radius 1 is 0.750 bits per heavy atom. The van der Waals surface area contributed by atoms with Gasteiger partial charge in [0.25, 0.3) is 0 Å². The van der Waals surface area contributed by atoms with E-state index in [1.165, 1.54) is 11.1 Å².